The van der Waals surface area contributed by atoms with E-state index in [1.165, 1.54) is 0 Å². The maximum Gasteiger partial charge on any atom is 0.332 e. The van der Waals surface area contributed by atoms with Gasteiger partial charge in [0.2, 0.25) is 0 Å². The zero-order valence-electron chi connectivity index (χ0n) is 23.6. The molecule has 5 rings (SSSR count). The molecule has 226 valence electrons. The molecule has 0 radical (unpaired) electrons. The zero-order valence-corrected chi connectivity index (χ0v) is 25.2. The van der Waals surface area contributed by atoms with E-state index in [0.29, 0.717) is 44.0 Å². The van der Waals surface area contributed by atoms with Crippen molar-refractivity contribution in [3.8, 4) is 0 Å². The third-order valence-electron chi connectivity index (χ3n) is 8.20. The Morgan fingerprint density at radius 3 is 1.71 bits per heavy atom. The summed E-state index contributed by atoms with van der Waals surface area (Å²) in [7, 11) is 0. The van der Waals surface area contributed by atoms with Crippen LogP contribution in [0.5, 0.6) is 0 Å². The van der Waals surface area contributed by atoms with Crippen LogP contribution in [0, 0.1) is 0 Å². The van der Waals surface area contributed by atoms with Crippen molar-refractivity contribution in [2.75, 3.05) is 36.3 Å². The Bertz CT molecular complexity index is 1040. The number of nitrogens with zero attached hydrogens (tertiary/aromatic N) is 2. The molecule has 41 heavy (non-hydrogen) atoms. The number of amides is 4. The first-order chi connectivity index (χ1) is 19.8. The highest BCUT2D eigenvalue weighted by atomic mass is 32.2. The SMILES string of the molecule is O=C(NC1(C(=O)O)CCCCC1)N1CCSC1.O=C(NC1(C(=O)OCc2ccccc2)CCCCC1)N1CCSC1. The van der Waals surface area contributed by atoms with Gasteiger partial charge in [0.25, 0.3) is 0 Å². The molecule has 2 saturated carbocycles. The molecule has 10 nitrogen and oxygen atoms in total. The van der Waals surface area contributed by atoms with Gasteiger partial charge < -0.3 is 30.3 Å². The molecule has 2 aliphatic heterocycles. The van der Waals surface area contributed by atoms with E-state index in [1.807, 2.05) is 30.3 Å². The van der Waals surface area contributed by atoms with E-state index < -0.39 is 17.0 Å². The van der Waals surface area contributed by atoms with Crippen molar-refractivity contribution in [1.82, 2.24) is 20.4 Å². The van der Waals surface area contributed by atoms with Crippen LogP contribution in [0.2, 0.25) is 0 Å². The summed E-state index contributed by atoms with van der Waals surface area (Å²) >= 11 is 3.43. The molecule has 0 bridgehead atoms. The fraction of sp³-hybridized carbons (Fsp3) is 0.655. The number of carboxylic acid groups (broad SMARTS) is 1. The number of hydrogen-bond donors (Lipinski definition) is 3. The molecule has 0 atom stereocenters. The van der Waals surface area contributed by atoms with E-state index in [2.05, 4.69) is 10.6 Å². The summed E-state index contributed by atoms with van der Waals surface area (Å²) in [5, 5.41) is 15.1. The first-order valence-corrected chi connectivity index (χ1v) is 16.9. The van der Waals surface area contributed by atoms with Gasteiger partial charge >= 0.3 is 24.0 Å². The summed E-state index contributed by atoms with van der Waals surface area (Å²) in [6, 6.07) is 9.28. The first-order valence-electron chi connectivity index (χ1n) is 14.6. The highest BCUT2D eigenvalue weighted by Crippen LogP contribution is 2.31. The van der Waals surface area contributed by atoms with Crippen molar-refractivity contribution in [3.05, 3.63) is 35.9 Å². The molecular weight excluding hydrogens is 564 g/mol. The predicted octanol–water partition coefficient (Wildman–Crippen LogP) is 4.64. The number of aliphatic carboxylic acids is 1. The van der Waals surface area contributed by atoms with Crippen LogP contribution < -0.4 is 10.6 Å². The lowest BCUT2D eigenvalue weighted by Crippen LogP contribution is -2.59. The van der Waals surface area contributed by atoms with Gasteiger partial charge in [-0.05, 0) is 31.2 Å². The summed E-state index contributed by atoms with van der Waals surface area (Å²) in [6.45, 7) is 1.70. The Balaban J connectivity index is 0.000000201. The molecule has 0 unspecified atom stereocenters. The summed E-state index contributed by atoms with van der Waals surface area (Å²) in [5.41, 5.74) is -0.931. The van der Waals surface area contributed by atoms with E-state index in [-0.39, 0.29) is 24.6 Å². The average Bonchev–Trinajstić information content (AvgIpc) is 3.73. The third-order valence-corrected chi connectivity index (χ3v) is 10.1. The summed E-state index contributed by atoms with van der Waals surface area (Å²) < 4.78 is 5.56. The quantitative estimate of drug-likeness (QED) is 0.400. The lowest BCUT2D eigenvalue weighted by Gasteiger charge is -2.36. The number of esters is 1. The van der Waals surface area contributed by atoms with Gasteiger partial charge in [0.15, 0.2) is 0 Å². The monoisotopic (exact) mass is 606 g/mol. The number of ether oxygens (including phenoxy) is 1. The Morgan fingerprint density at radius 2 is 1.24 bits per heavy atom. The smallest absolute Gasteiger partial charge is 0.332 e. The molecule has 2 heterocycles. The largest absolute Gasteiger partial charge is 0.480 e. The van der Waals surface area contributed by atoms with Crippen LogP contribution >= 0.6 is 23.5 Å². The van der Waals surface area contributed by atoms with Gasteiger partial charge in [-0.15, -0.1) is 23.5 Å². The molecule has 4 aliphatic rings. The maximum atomic E-state index is 12.8. The Hall–Kier alpha value is -2.60. The maximum absolute atomic E-state index is 12.8. The molecule has 12 heteroatoms. The molecule has 3 N–H and O–H groups in total. The van der Waals surface area contributed by atoms with Crippen LogP contribution in [0.25, 0.3) is 0 Å². The molecule has 4 amide bonds. The fourth-order valence-electron chi connectivity index (χ4n) is 5.66. The van der Waals surface area contributed by atoms with Crippen LogP contribution in [0.4, 0.5) is 9.59 Å². The number of carboxylic acids is 1. The second-order valence-electron chi connectivity index (χ2n) is 11.1. The number of benzene rings is 1. The predicted molar refractivity (Wildman–Crippen MR) is 161 cm³/mol. The Morgan fingerprint density at radius 1 is 0.756 bits per heavy atom. The minimum Gasteiger partial charge on any atom is -0.480 e. The van der Waals surface area contributed by atoms with Crippen molar-refractivity contribution in [1.29, 1.82) is 0 Å². The molecule has 2 aliphatic carbocycles. The van der Waals surface area contributed by atoms with Crippen molar-refractivity contribution in [2.24, 2.45) is 0 Å². The van der Waals surface area contributed by atoms with Crippen LogP contribution in [-0.2, 0) is 20.9 Å². The van der Waals surface area contributed by atoms with Gasteiger partial charge in [-0.25, -0.2) is 19.2 Å². The highest BCUT2D eigenvalue weighted by Gasteiger charge is 2.44. The number of rotatable bonds is 6. The third kappa shape index (κ3) is 8.47. The number of nitrogens with one attached hydrogen (secondary N) is 2. The standard InChI is InChI=1S/C18H24N2O3S.C11H18N2O3S/c21-16(23-13-15-7-3-1-4-8-15)18(9-5-2-6-10-18)19-17(22)20-11-12-24-14-20;14-9(15)11(4-2-1-3-5-11)12-10(16)13-6-7-17-8-13/h1,3-4,7-8H,2,5-6,9-14H2,(H,19,22);1-8H2,(H,12,16)(H,14,15). The van der Waals surface area contributed by atoms with E-state index >= 15 is 0 Å². The lowest BCUT2D eigenvalue weighted by atomic mass is 9.81. The van der Waals surface area contributed by atoms with E-state index in [4.69, 9.17) is 4.74 Å². The molecule has 1 aromatic rings. The van der Waals surface area contributed by atoms with Gasteiger partial charge in [-0.2, -0.15) is 0 Å². The lowest BCUT2D eigenvalue weighted by molar-refractivity contribution is -0.154. The van der Waals surface area contributed by atoms with Gasteiger partial charge in [0.05, 0.1) is 11.8 Å². The van der Waals surface area contributed by atoms with Gasteiger partial charge in [0.1, 0.15) is 17.7 Å². The molecule has 1 aromatic carbocycles. The molecular formula is C29H42N4O6S2. The Labute approximate surface area is 250 Å². The van der Waals surface area contributed by atoms with Gasteiger partial charge in [-0.3, -0.25) is 0 Å². The van der Waals surface area contributed by atoms with Crippen LogP contribution in [0.3, 0.4) is 0 Å². The second kappa shape index (κ2) is 15.0. The second-order valence-corrected chi connectivity index (χ2v) is 13.3. The van der Waals surface area contributed by atoms with Crippen molar-refractivity contribution < 1.29 is 29.0 Å². The van der Waals surface area contributed by atoms with Crippen molar-refractivity contribution >= 4 is 47.5 Å². The molecule has 0 spiro atoms. The van der Waals surface area contributed by atoms with E-state index in [0.717, 1.165) is 62.1 Å². The molecule has 2 saturated heterocycles. The average molecular weight is 607 g/mol. The van der Waals surface area contributed by atoms with E-state index in [9.17, 15) is 24.3 Å². The summed E-state index contributed by atoms with van der Waals surface area (Å²) in [4.78, 5) is 52.1. The van der Waals surface area contributed by atoms with Crippen LogP contribution in [-0.4, -0.2) is 86.3 Å². The zero-order chi connectivity index (χ0) is 29.1. The molecule has 4 fully saturated rings. The molecule has 0 aromatic heterocycles. The van der Waals surface area contributed by atoms with Gasteiger partial charge in [0, 0.05) is 24.6 Å². The first kappa shape index (κ1) is 31.3. The summed E-state index contributed by atoms with van der Waals surface area (Å²) in [6.07, 6.45) is 8.21. The van der Waals surface area contributed by atoms with Crippen LogP contribution in [0.1, 0.15) is 69.8 Å². The normalized spacial score (nSPS) is 21.3. The highest BCUT2D eigenvalue weighted by molar-refractivity contribution is 7.99. The van der Waals surface area contributed by atoms with Gasteiger partial charge in [-0.1, -0.05) is 68.9 Å². The minimum absolute atomic E-state index is 0.140. The summed E-state index contributed by atoms with van der Waals surface area (Å²) in [5.74, 6) is 2.07. The van der Waals surface area contributed by atoms with E-state index in [1.54, 1.807) is 33.3 Å². The minimum atomic E-state index is -1.03. The van der Waals surface area contributed by atoms with Crippen LogP contribution in [0.15, 0.2) is 30.3 Å². The Kier molecular flexibility index (Phi) is 11.5. The number of carbonyl (C=O) groups is 4. The van der Waals surface area contributed by atoms with Crippen molar-refractivity contribution in [2.45, 2.75) is 81.9 Å². The number of urea groups is 2. The fourth-order valence-corrected chi connectivity index (χ4v) is 7.55. The number of hydrogen-bond acceptors (Lipinski definition) is 7. The topological polar surface area (TPSA) is 128 Å². The number of carbonyl (C=O) groups excluding carboxylic acids is 3. The van der Waals surface area contributed by atoms with Crippen molar-refractivity contribution in [3.63, 3.8) is 0 Å². The number of thioether (sulfide) groups is 2.